The molecule has 0 bridgehead atoms. The molecular formula is C55H51N2P. The molecule has 0 saturated carbocycles. The molecule has 58 heavy (non-hydrogen) atoms. The smallest absolute Gasteiger partial charge is 0.0384 e. The van der Waals surface area contributed by atoms with Gasteiger partial charge in [0, 0.05) is 17.9 Å². The van der Waals surface area contributed by atoms with E-state index in [1.807, 2.05) is 7.05 Å². The second-order valence-electron chi connectivity index (χ2n) is 15.1. The first-order chi connectivity index (χ1) is 28.6. The molecule has 0 fully saturated rings. The van der Waals surface area contributed by atoms with Gasteiger partial charge in [0.15, 0.2) is 0 Å². The Labute approximate surface area is 346 Å². The summed E-state index contributed by atoms with van der Waals surface area (Å²) in [7, 11) is 1.26. The molecule has 3 heteroatoms. The van der Waals surface area contributed by atoms with E-state index in [9.17, 15) is 0 Å². The summed E-state index contributed by atoms with van der Waals surface area (Å²) in [5.74, 6) is 0. The predicted molar refractivity (Wildman–Crippen MR) is 256 cm³/mol. The number of fused-ring (bicyclic) bond motifs is 2. The minimum atomic E-state index is -0.717. The molecule has 1 unspecified atom stereocenters. The fourth-order valence-corrected chi connectivity index (χ4v) is 10.2. The molecule has 2 nitrogen and oxygen atoms in total. The summed E-state index contributed by atoms with van der Waals surface area (Å²) in [4.78, 5) is 0. The zero-order valence-electron chi connectivity index (χ0n) is 33.5. The van der Waals surface area contributed by atoms with Crippen molar-refractivity contribution in [2.75, 3.05) is 18.9 Å². The van der Waals surface area contributed by atoms with Crippen LogP contribution >= 0.6 is 7.92 Å². The summed E-state index contributed by atoms with van der Waals surface area (Å²) >= 11 is 0. The van der Waals surface area contributed by atoms with Crippen LogP contribution in [0.2, 0.25) is 0 Å². The van der Waals surface area contributed by atoms with Crippen molar-refractivity contribution in [2.45, 2.75) is 32.6 Å². The van der Waals surface area contributed by atoms with Gasteiger partial charge in [0.05, 0.1) is 0 Å². The van der Waals surface area contributed by atoms with E-state index in [0.29, 0.717) is 0 Å². The second-order valence-corrected chi connectivity index (χ2v) is 17.2. The van der Waals surface area contributed by atoms with E-state index >= 15 is 0 Å². The van der Waals surface area contributed by atoms with Gasteiger partial charge in [-0.05, 0) is 137 Å². The van der Waals surface area contributed by atoms with Gasteiger partial charge in [0.1, 0.15) is 0 Å². The van der Waals surface area contributed by atoms with Gasteiger partial charge in [-0.2, -0.15) is 0 Å². The summed E-state index contributed by atoms with van der Waals surface area (Å²) in [6, 6.07) is 59.7. The van der Waals surface area contributed by atoms with E-state index < -0.39 is 7.92 Å². The Morgan fingerprint density at radius 2 is 1.16 bits per heavy atom. The third kappa shape index (κ3) is 9.55. The number of allylic oxidation sites excluding steroid dienone is 5. The van der Waals surface area contributed by atoms with Crippen LogP contribution in [0.4, 0.5) is 11.4 Å². The van der Waals surface area contributed by atoms with Crippen LogP contribution < -0.4 is 26.5 Å². The van der Waals surface area contributed by atoms with Gasteiger partial charge in [-0.1, -0.05) is 182 Å². The van der Waals surface area contributed by atoms with Crippen LogP contribution in [-0.4, -0.2) is 13.6 Å². The van der Waals surface area contributed by atoms with Crippen molar-refractivity contribution in [2.24, 2.45) is 0 Å². The van der Waals surface area contributed by atoms with Crippen LogP contribution in [0, 0.1) is 0 Å². The average Bonchev–Trinajstić information content (AvgIpc) is 3.28. The molecule has 0 radical (unpaired) electrons. The topological polar surface area (TPSA) is 24.1 Å². The molecular weight excluding hydrogens is 720 g/mol. The Hall–Kier alpha value is -6.05. The minimum Gasteiger partial charge on any atom is -0.356 e. The van der Waals surface area contributed by atoms with E-state index in [-0.39, 0.29) is 0 Å². The third-order valence-corrected chi connectivity index (χ3v) is 13.5. The van der Waals surface area contributed by atoms with Crippen molar-refractivity contribution in [3.05, 3.63) is 216 Å². The first kappa shape index (κ1) is 38.8. The summed E-state index contributed by atoms with van der Waals surface area (Å²) < 4.78 is 0. The number of rotatable bonds is 10. The van der Waals surface area contributed by atoms with Crippen molar-refractivity contribution < 1.29 is 0 Å². The maximum atomic E-state index is 3.58. The first-order valence-corrected chi connectivity index (χ1v) is 21.8. The number of likely N-dealkylation sites (N-methyl/N-ethyl adjacent to an activating group) is 1. The molecule has 0 saturated heterocycles. The van der Waals surface area contributed by atoms with Crippen molar-refractivity contribution in [1.29, 1.82) is 0 Å². The molecule has 7 aromatic carbocycles. The lowest BCUT2D eigenvalue weighted by Gasteiger charge is -2.24. The van der Waals surface area contributed by atoms with Gasteiger partial charge >= 0.3 is 0 Å². The van der Waals surface area contributed by atoms with Gasteiger partial charge in [-0.25, -0.2) is 0 Å². The number of hydrogen-bond acceptors (Lipinski definition) is 2. The second kappa shape index (κ2) is 18.9. The SMILES string of the molecule is CNC/C=C/c1ccc(P(c2ccc(-c3ccc(Nc4ccc(C5=CC=C(C)CC5)cc4)cc3)cc2)c2cccc3c2C=CCC3)cc1.c1ccc2ccccc2c1. The highest BCUT2D eigenvalue weighted by molar-refractivity contribution is 7.80. The van der Waals surface area contributed by atoms with Gasteiger partial charge in [-0.15, -0.1) is 0 Å². The lowest BCUT2D eigenvalue weighted by atomic mass is 9.94. The molecule has 9 rings (SSSR count). The molecule has 2 aliphatic carbocycles. The Kier molecular flexibility index (Phi) is 12.7. The normalized spacial score (nSPS) is 13.9. The van der Waals surface area contributed by atoms with Gasteiger partial charge < -0.3 is 10.6 Å². The zero-order valence-corrected chi connectivity index (χ0v) is 34.4. The van der Waals surface area contributed by atoms with Crippen molar-refractivity contribution in [3.8, 4) is 11.1 Å². The summed E-state index contributed by atoms with van der Waals surface area (Å²) in [6.07, 6.45) is 18.1. The fraction of sp³-hybridized carbons (Fsp3) is 0.127. The first-order valence-electron chi connectivity index (χ1n) is 20.5. The van der Waals surface area contributed by atoms with Crippen LogP contribution in [-0.2, 0) is 6.42 Å². The highest BCUT2D eigenvalue weighted by Gasteiger charge is 2.21. The van der Waals surface area contributed by atoms with Crippen LogP contribution in [0.15, 0.2) is 194 Å². The van der Waals surface area contributed by atoms with Crippen molar-refractivity contribution in [1.82, 2.24) is 5.32 Å². The molecule has 0 aromatic heterocycles. The highest BCUT2D eigenvalue weighted by atomic mass is 31.1. The van der Waals surface area contributed by atoms with E-state index in [1.165, 1.54) is 71.2 Å². The van der Waals surface area contributed by atoms with E-state index in [0.717, 1.165) is 43.6 Å². The maximum Gasteiger partial charge on any atom is 0.0384 e. The van der Waals surface area contributed by atoms with Gasteiger partial charge in [0.25, 0.3) is 0 Å². The predicted octanol–water partition coefficient (Wildman–Crippen LogP) is 13.0. The molecule has 2 N–H and O–H groups in total. The number of nitrogens with one attached hydrogen (secondary N) is 2. The summed E-state index contributed by atoms with van der Waals surface area (Å²) in [5, 5.41) is 13.6. The molecule has 1 atom stereocenters. The standard InChI is InChI=1S/C45H43N2P.C10H8/c1-33-12-16-35(17-13-33)36-18-24-40(25-19-36)47-41-26-20-37(21-27-41)38-22-30-43(31-23-38)48(42-28-14-34(15-29-42)7-6-32-46-2)45-11-5-9-39-8-3-4-10-44(39)45;1-2-6-10-8-4-3-7-9(10)5-1/h4-7,9-12,14-16,18-31,46-47H,3,8,13,17,32H2,1-2H3;1-8H/b7-6+;. The van der Waals surface area contributed by atoms with Crippen molar-refractivity contribution in [3.63, 3.8) is 0 Å². The van der Waals surface area contributed by atoms with Crippen LogP contribution in [0.3, 0.4) is 0 Å². The lowest BCUT2D eigenvalue weighted by Crippen LogP contribution is -2.23. The zero-order chi connectivity index (χ0) is 39.5. The molecule has 7 aromatic rings. The van der Waals surface area contributed by atoms with E-state index in [1.54, 1.807) is 0 Å². The van der Waals surface area contributed by atoms with Crippen molar-refractivity contribution >= 4 is 63.7 Å². The Bertz CT molecular complexity index is 2510. The van der Waals surface area contributed by atoms with Crippen LogP contribution in [0.5, 0.6) is 0 Å². The average molecular weight is 771 g/mol. The third-order valence-electron chi connectivity index (χ3n) is 11.0. The minimum absolute atomic E-state index is 0.717. The van der Waals surface area contributed by atoms with Gasteiger partial charge in [-0.3, -0.25) is 0 Å². The van der Waals surface area contributed by atoms with Crippen LogP contribution in [0.25, 0.3) is 39.6 Å². The Balaban J connectivity index is 0.000000407. The quantitative estimate of drug-likeness (QED) is 0.135. The monoisotopic (exact) mass is 770 g/mol. The lowest BCUT2D eigenvalue weighted by molar-refractivity contribution is 0.922. The van der Waals surface area contributed by atoms with E-state index in [2.05, 4.69) is 218 Å². The molecule has 2 aliphatic rings. The summed E-state index contributed by atoms with van der Waals surface area (Å²) in [6.45, 7) is 3.08. The maximum absolute atomic E-state index is 3.58. The van der Waals surface area contributed by atoms with Crippen LogP contribution in [0.1, 0.15) is 48.4 Å². The molecule has 0 heterocycles. The molecule has 0 aliphatic heterocycles. The fourth-order valence-electron chi connectivity index (χ4n) is 7.72. The van der Waals surface area contributed by atoms with E-state index in [4.69, 9.17) is 0 Å². The molecule has 0 amide bonds. The van der Waals surface area contributed by atoms with Gasteiger partial charge in [0.2, 0.25) is 0 Å². The molecule has 286 valence electrons. The number of aryl methyl sites for hydroxylation is 1. The number of benzene rings is 7. The Morgan fingerprint density at radius 1 is 0.569 bits per heavy atom. The highest BCUT2D eigenvalue weighted by Crippen LogP contribution is 2.37. The summed E-state index contributed by atoms with van der Waals surface area (Å²) in [5.41, 5.74) is 12.9. The number of anilines is 2. The Morgan fingerprint density at radius 3 is 1.74 bits per heavy atom. The largest absolute Gasteiger partial charge is 0.356 e. The number of hydrogen-bond donors (Lipinski definition) is 2. The molecule has 0 spiro atoms.